The maximum absolute atomic E-state index is 12.7. The van der Waals surface area contributed by atoms with Gasteiger partial charge in [0.25, 0.3) is 11.5 Å². The number of ether oxygens (including phenoxy) is 1. The van der Waals surface area contributed by atoms with Gasteiger partial charge in [0.05, 0.1) is 19.5 Å². The summed E-state index contributed by atoms with van der Waals surface area (Å²) < 4.78 is 5.17. The Morgan fingerprint density at radius 2 is 2.00 bits per heavy atom. The molecule has 1 saturated heterocycles. The number of nitrogens with one attached hydrogen (secondary N) is 2. The minimum atomic E-state index is -0.478. The number of carbonyl (C=O) groups is 2. The lowest BCUT2D eigenvalue weighted by Gasteiger charge is -2.19. The van der Waals surface area contributed by atoms with Gasteiger partial charge >= 0.3 is 0 Å². The zero-order valence-electron chi connectivity index (χ0n) is 14.6. The second-order valence-electron chi connectivity index (χ2n) is 6.19. The van der Waals surface area contributed by atoms with Gasteiger partial charge in [-0.05, 0) is 17.7 Å². The van der Waals surface area contributed by atoms with E-state index in [0.717, 1.165) is 11.3 Å². The molecule has 2 heterocycles. The van der Waals surface area contributed by atoms with Crippen LogP contribution in [0, 0.1) is 0 Å². The van der Waals surface area contributed by atoms with Crippen molar-refractivity contribution in [2.45, 2.75) is 18.9 Å². The molecule has 0 saturated carbocycles. The van der Waals surface area contributed by atoms with E-state index in [2.05, 4.69) is 15.3 Å². The molecule has 0 bridgehead atoms. The van der Waals surface area contributed by atoms with E-state index in [1.54, 1.807) is 12.0 Å². The smallest absolute Gasteiger partial charge is 0.263 e. The van der Waals surface area contributed by atoms with Gasteiger partial charge in [-0.2, -0.15) is 0 Å². The van der Waals surface area contributed by atoms with Crippen molar-refractivity contribution in [3.05, 3.63) is 58.3 Å². The second-order valence-corrected chi connectivity index (χ2v) is 6.19. The molecular weight excluding hydrogens is 336 g/mol. The summed E-state index contributed by atoms with van der Waals surface area (Å²) in [6.45, 7) is 2.16. The van der Waals surface area contributed by atoms with Crippen LogP contribution < -0.4 is 15.6 Å². The number of likely N-dealkylation sites (tertiary alicyclic amines) is 1. The predicted octanol–water partition coefficient (Wildman–Crippen LogP) is 0.523. The molecular formula is C18H20N4O4. The van der Waals surface area contributed by atoms with Gasteiger partial charge in [0.1, 0.15) is 11.3 Å². The van der Waals surface area contributed by atoms with E-state index in [4.69, 9.17) is 4.74 Å². The lowest BCUT2D eigenvalue weighted by molar-refractivity contribution is -0.119. The minimum Gasteiger partial charge on any atom is -0.497 e. The number of methoxy groups -OCH3 is 1. The zero-order chi connectivity index (χ0) is 18.7. The first-order valence-corrected chi connectivity index (χ1v) is 8.22. The van der Waals surface area contributed by atoms with Crippen LogP contribution in [0.1, 0.15) is 28.8 Å². The summed E-state index contributed by atoms with van der Waals surface area (Å²) in [5.74, 6) is 0.0925. The molecule has 0 radical (unpaired) electrons. The van der Waals surface area contributed by atoms with Crippen LogP contribution in [0.2, 0.25) is 0 Å². The van der Waals surface area contributed by atoms with Gasteiger partial charge in [-0.3, -0.25) is 14.4 Å². The van der Waals surface area contributed by atoms with Gasteiger partial charge < -0.3 is 19.9 Å². The van der Waals surface area contributed by atoms with Crippen molar-refractivity contribution in [2.24, 2.45) is 0 Å². The van der Waals surface area contributed by atoms with Crippen LogP contribution in [0.15, 0.2) is 41.6 Å². The summed E-state index contributed by atoms with van der Waals surface area (Å²) in [6, 6.07) is 7.29. The summed E-state index contributed by atoms with van der Waals surface area (Å²) in [5, 5.41) is 2.90. The van der Waals surface area contributed by atoms with E-state index in [9.17, 15) is 14.4 Å². The van der Waals surface area contributed by atoms with Gasteiger partial charge in [-0.15, -0.1) is 0 Å². The molecule has 0 aliphatic carbocycles. The number of carbonyl (C=O) groups excluding carboxylic acids is 2. The van der Waals surface area contributed by atoms with Gasteiger partial charge in [0.15, 0.2) is 0 Å². The molecule has 2 atom stereocenters. The highest BCUT2D eigenvalue weighted by Crippen LogP contribution is 2.29. The van der Waals surface area contributed by atoms with Crippen molar-refractivity contribution in [2.75, 3.05) is 20.2 Å². The summed E-state index contributed by atoms with van der Waals surface area (Å²) in [6.07, 6.45) is 2.50. The van der Waals surface area contributed by atoms with Crippen LogP contribution in [0.5, 0.6) is 5.75 Å². The van der Waals surface area contributed by atoms with E-state index >= 15 is 0 Å². The third-order valence-electron chi connectivity index (χ3n) is 4.49. The highest BCUT2D eigenvalue weighted by Gasteiger charge is 2.37. The van der Waals surface area contributed by atoms with Gasteiger partial charge in [0.2, 0.25) is 5.91 Å². The Morgan fingerprint density at radius 3 is 2.62 bits per heavy atom. The van der Waals surface area contributed by atoms with E-state index < -0.39 is 11.5 Å². The van der Waals surface area contributed by atoms with Crippen LogP contribution in [-0.4, -0.2) is 52.9 Å². The quantitative estimate of drug-likeness (QED) is 0.831. The third-order valence-corrected chi connectivity index (χ3v) is 4.49. The molecule has 26 heavy (non-hydrogen) atoms. The number of hydrogen-bond acceptors (Lipinski definition) is 5. The average molecular weight is 356 g/mol. The number of benzene rings is 1. The molecule has 0 unspecified atom stereocenters. The molecule has 0 spiro atoms. The second kappa shape index (κ2) is 7.38. The van der Waals surface area contributed by atoms with Gasteiger partial charge in [-0.25, -0.2) is 4.98 Å². The van der Waals surface area contributed by atoms with Crippen LogP contribution in [-0.2, 0) is 4.79 Å². The Morgan fingerprint density at radius 1 is 1.27 bits per heavy atom. The zero-order valence-corrected chi connectivity index (χ0v) is 14.6. The Balaban J connectivity index is 1.86. The molecule has 136 valence electrons. The number of nitrogens with zero attached hydrogens (tertiary/aromatic N) is 2. The SMILES string of the molecule is COc1ccc([C@@H]2CN(C(=O)c3cnc[nH]c3=O)C[C@H]2NC(C)=O)cc1. The van der Waals surface area contributed by atoms with Crippen LogP contribution in [0.3, 0.4) is 0 Å². The summed E-state index contributed by atoms with van der Waals surface area (Å²) in [5.41, 5.74) is 0.498. The number of aromatic nitrogens is 2. The Kier molecular flexibility index (Phi) is 5.01. The number of H-pyrrole nitrogens is 1. The Bertz CT molecular complexity index is 862. The number of aromatic amines is 1. The summed E-state index contributed by atoms with van der Waals surface area (Å²) in [7, 11) is 1.59. The third kappa shape index (κ3) is 3.58. The lowest BCUT2D eigenvalue weighted by Crippen LogP contribution is -2.40. The van der Waals surface area contributed by atoms with Crippen LogP contribution in [0.25, 0.3) is 0 Å². The first-order valence-electron chi connectivity index (χ1n) is 8.22. The van der Waals surface area contributed by atoms with E-state index in [1.807, 2.05) is 24.3 Å². The molecule has 2 N–H and O–H groups in total. The van der Waals surface area contributed by atoms with Crippen molar-refractivity contribution in [1.29, 1.82) is 0 Å². The molecule has 2 aromatic rings. The topological polar surface area (TPSA) is 104 Å². The van der Waals surface area contributed by atoms with Crippen molar-refractivity contribution in [1.82, 2.24) is 20.2 Å². The van der Waals surface area contributed by atoms with Crippen molar-refractivity contribution in [3.8, 4) is 5.75 Å². The maximum atomic E-state index is 12.7. The average Bonchev–Trinajstić information content (AvgIpc) is 3.04. The van der Waals surface area contributed by atoms with E-state index in [1.165, 1.54) is 19.4 Å². The first kappa shape index (κ1) is 17.7. The van der Waals surface area contributed by atoms with Crippen molar-refractivity contribution in [3.63, 3.8) is 0 Å². The normalized spacial score (nSPS) is 19.2. The molecule has 8 heteroatoms. The monoisotopic (exact) mass is 356 g/mol. The van der Waals surface area contributed by atoms with Gasteiger partial charge in [-0.1, -0.05) is 12.1 Å². The molecule has 3 rings (SSSR count). The summed E-state index contributed by atoms with van der Waals surface area (Å²) in [4.78, 5) is 44.0. The fraction of sp³-hybridized carbons (Fsp3) is 0.333. The fourth-order valence-corrected chi connectivity index (χ4v) is 3.23. The lowest BCUT2D eigenvalue weighted by atomic mass is 9.94. The fourth-order valence-electron chi connectivity index (χ4n) is 3.23. The number of hydrogen-bond donors (Lipinski definition) is 2. The molecule has 1 aromatic heterocycles. The Hall–Kier alpha value is -3.16. The Labute approximate surface area is 150 Å². The van der Waals surface area contributed by atoms with Crippen molar-refractivity contribution >= 4 is 11.8 Å². The molecule has 1 aromatic carbocycles. The summed E-state index contributed by atoms with van der Waals surface area (Å²) >= 11 is 0. The molecule has 2 amide bonds. The first-order chi connectivity index (χ1) is 12.5. The molecule has 1 fully saturated rings. The highest BCUT2D eigenvalue weighted by molar-refractivity contribution is 5.94. The number of amides is 2. The predicted molar refractivity (Wildman–Crippen MR) is 94.1 cm³/mol. The molecule has 8 nitrogen and oxygen atoms in total. The van der Waals surface area contributed by atoms with Crippen molar-refractivity contribution < 1.29 is 14.3 Å². The minimum absolute atomic E-state index is 0.00976. The van der Waals surface area contributed by atoms with Crippen LogP contribution >= 0.6 is 0 Å². The largest absolute Gasteiger partial charge is 0.497 e. The standard InChI is InChI=1S/C18H20N4O4/c1-11(23)21-16-9-22(18(25)14-7-19-10-20-17(14)24)8-15(16)12-3-5-13(26-2)6-4-12/h3-7,10,15-16H,8-9H2,1-2H3,(H,21,23)(H,19,20,24)/t15-,16+/m0/s1. The maximum Gasteiger partial charge on any atom is 0.263 e. The van der Waals surface area contributed by atoms with E-state index in [0.29, 0.717) is 13.1 Å². The highest BCUT2D eigenvalue weighted by atomic mass is 16.5. The molecule has 1 aliphatic rings. The van der Waals surface area contributed by atoms with E-state index in [-0.39, 0.29) is 23.4 Å². The number of rotatable bonds is 4. The van der Waals surface area contributed by atoms with Crippen LogP contribution in [0.4, 0.5) is 0 Å². The molecule has 1 aliphatic heterocycles. The van der Waals surface area contributed by atoms with Gasteiger partial charge in [0, 0.05) is 32.1 Å².